The number of pyridine rings is 1. The van der Waals surface area contributed by atoms with Crippen LogP contribution in [0.2, 0.25) is 0 Å². The number of nitrogens with zero attached hydrogens (tertiary/aromatic N) is 1. The Balaban J connectivity index is 2.79. The van der Waals surface area contributed by atoms with Gasteiger partial charge >= 0.3 is 5.97 Å². The molecular formula is C14H14BrNO2. The number of halogens is 1. The van der Waals surface area contributed by atoms with E-state index in [0.717, 1.165) is 5.56 Å². The summed E-state index contributed by atoms with van der Waals surface area (Å²) < 4.78 is 0.538. The van der Waals surface area contributed by atoms with E-state index in [-0.39, 0.29) is 11.0 Å². The van der Waals surface area contributed by atoms with Gasteiger partial charge in [0.15, 0.2) is 0 Å². The molecule has 2 aromatic rings. The molecule has 1 heterocycles. The minimum Gasteiger partial charge on any atom is -0.478 e. The van der Waals surface area contributed by atoms with Gasteiger partial charge in [-0.1, -0.05) is 26.8 Å². The first-order valence-electron chi connectivity index (χ1n) is 5.63. The molecule has 0 aliphatic heterocycles. The molecule has 0 fully saturated rings. The lowest BCUT2D eigenvalue weighted by Crippen LogP contribution is -2.11. The Labute approximate surface area is 114 Å². The third-order valence-electron chi connectivity index (χ3n) is 2.87. The van der Waals surface area contributed by atoms with Crippen molar-refractivity contribution in [3.63, 3.8) is 0 Å². The van der Waals surface area contributed by atoms with Gasteiger partial charge in [-0.2, -0.15) is 0 Å². The number of carboxylic acids is 1. The number of fused-ring (bicyclic) bond motifs is 1. The van der Waals surface area contributed by atoms with Crippen molar-refractivity contribution in [2.45, 2.75) is 26.2 Å². The summed E-state index contributed by atoms with van der Waals surface area (Å²) in [6.45, 7) is 6.29. The molecule has 0 spiro atoms. The maximum Gasteiger partial charge on any atom is 0.336 e. The highest BCUT2D eigenvalue weighted by Crippen LogP contribution is 2.28. The van der Waals surface area contributed by atoms with Gasteiger partial charge in [0.1, 0.15) is 4.60 Å². The SMILES string of the molecule is CC(C)(C)c1ccc2nc(Br)cc(C(=O)O)c2c1. The number of carboxylic acid groups (broad SMARTS) is 1. The van der Waals surface area contributed by atoms with Crippen LogP contribution < -0.4 is 0 Å². The van der Waals surface area contributed by atoms with E-state index in [2.05, 4.69) is 41.7 Å². The minimum atomic E-state index is -0.936. The van der Waals surface area contributed by atoms with Gasteiger partial charge in [-0.25, -0.2) is 9.78 Å². The van der Waals surface area contributed by atoms with Crippen LogP contribution >= 0.6 is 15.9 Å². The fourth-order valence-corrected chi connectivity index (χ4v) is 2.26. The maximum absolute atomic E-state index is 11.3. The summed E-state index contributed by atoms with van der Waals surface area (Å²) in [4.78, 5) is 15.6. The number of rotatable bonds is 1. The number of aromatic nitrogens is 1. The van der Waals surface area contributed by atoms with E-state index >= 15 is 0 Å². The van der Waals surface area contributed by atoms with Gasteiger partial charge in [-0.05, 0) is 45.1 Å². The largest absolute Gasteiger partial charge is 0.478 e. The van der Waals surface area contributed by atoms with Gasteiger partial charge in [0.05, 0.1) is 11.1 Å². The van der Waals surface area contributed by atoms with E-state index in [1.54, 1.807) is 0 Å². The zero-order valence-electron chi connectivity index (χ0n) is 10.5. The Kier molecular flexibility index (Phi) is 3.15. The van der Waals surface area contributed by atoms with Crippen molar-refractivity contribution < 1.29 is 9.90 Å². The zero-order chi connectivity index (χ0) is 13.5. The van der Waals surface area contributed by atoms with Crippen molar-refractivity contribution in [2.24, 2.45) is 0 Å². The molecule has 1 N–H and O–H groups in total. The average molecular weight is 308 g/mol. The number of hydrogen-bond acceptors (Lipinski definition) is 2. The van der Waals surface area contributed by atoms with Crippen LogP contribution in [-0.4, -0.2) is 16.1 Å². The van der Waals surface area contributed by atoms with Gasteiger partial charge in [0, 0.05) is 5.39 Å². The summed E-state index contributed by atoms with van der Waals surface area (Å²) in [5.74, 6) is -0.936. The van der Waals surface area contributed by atoms with E-state index < -0.39 is 5.97 Å². The molecule has 1 aromatic carbocycles. The van der Waals surface area contributed by atoms with E-state index in [9.17, 15) is 9.90 Å². The van der Waals surface area contributed by atoms with Crippen LogP contribution in [0, 0.1) is 0 Å². The Morgan fingerprint density at radius 1 is 1.28 bits per heavy atom. The minimum absolute atomic E-state index is 0.0168. The van der Waals surface area contributed by atoms with E-state index in [1.807, 2.05) is 18.2 Å². The lowest BCUT2D eigenvalue weighted by molar-refractivity contribution is 0.0699. The van der Waals surface area contributed by atoms with Gasteiger partial charge < -0.3 is 5.11 Å². The van der Waals surface area contributed by atoms with Gasteiger partial charge in [0.25, 0.3) is 0 Å². The first kappa shape index (κ1) is 13.0. The molecule has 2 rings (SSSR count). The highest BCUT2D eigenvalue weighted by atomic mass is 79.9. The fraction of sp³-hybridized carbons (Fsp3) is 0.286. The van der Waals surface area contributed by atoms with Gasteiger partial charge in [0.2, 0.25) is 0 Å². The molecule has 0 saturated carbocycles. The van der Waals surface area contributed by atoms with Crippen molar-refractivity contribution in [2.75, 3.05) is 0 Å². The molecule has 0 atom stereocenters. The molecule has 0 aliphatic carbocycles. The highest BCUT2D eigenvalue weighted by molar-refractivity contribution is 9.10. The third kappa shape index (κ3) is 2.38. The Bertz CT molecular complexity index is 629. The van der Waals surface area contributed by atoms with E-state index in [0.29, 0.717) is 15.5 Å². The van der Waals surface area contributed by atoms with Gasteiger partial charge in [-0.15, -0.1) is 0 Å². The summed E-state index contributed by atoms with van der Waals surface area (Å²) >= 11 is 3.24. The number of carbonyl (C=O) groups is 1. The number of aromatic carboxylic acids is 1. The van der Waals surface area contributed by atoms with Crippen LogP contribution in [-0.2, 0) is 5.41 Å². The topological polar surface area (TPSA) is 50.2 Å². The van der Waals surface area contributed by atoms with E-state index in [4.69, 9.17) is 0 Å². The van der Waals surface area contributed by atoms with Crippen molar-refractivity contribution in [1.29, 1.82) is 0 Å². The average Bonchev–Trinajstić information content (AvgIpc) is 2.25. The van der Waals surface area contributed by atoms with Crippen LogP contribution in [0.4, 0.5) is 0 Å². The summed E-state index contributed by atoms with van der Waals surface area (Å²) in [6, 6.07) is 7.32. The second-order valence-electron chi connectivity index (χ2n) is 5.28. The number of hydrogen-bond donors (Lipinski definition) is 1. The zero-order valence-corrected chi connectivity index (χ0v) is 12.1. The van der Waals surface area contributed by atoms with E-state index in [1.165, 1.54) is 6.07 Å². The molecule has 0 radical (unpaired) electrons. The Morgan fingerprint density at radius 3 is 2.50 bits per heavy atom. The summed E-state index contributed by atoms with van der Waals surface area (Å²) in [5, 5.41) is 9.93. The van der Waals surface area contributed by atoms with Crippen molar-refractivity contribution >= 4 is 32.8 Å². The van der Waals surface area contributed by atoms with Crippen LogP contribution in [0.25, 0.3) is 10.9 Å². The molecule has 0 bridgehead atoms. The first-order valence-corrected chi connectivity index (χ1v) is 6.42. The normalized spacial score (nSPS) is 11.8. The summed E-state index contributed by atoms with van der Waals surface area (Å²) in [6.07, 6.45) is 0. The fourth-order valence-electron chi connectivity index (χ4n) is 1.84. The van der Waals surface area contributed by atoms with Crippen LogP contribution in [0.1, 0.15) is 36.7 Å². The molecular weight excluding hydrogens is 294 g/mol. The monoisotopic (exact) mass is 307 g/mol. The maximum atomic E-state index is 11.3. The summed E-state index contributed by atoms with van der Waals surface area (Å²) in [5.41, 5.74) is 2.05. The molecule has 3 nitrogen and oxygen atoms in total. The lowest BCUT2D eigenvalue weighted by Gasteiger charge is -2.19. The lowest BCUT2D eigenvalue weighted by atomic mass is 9.86. The highest BCUT2D eigenvalue weighted by Gasteiger charge is 2.17. The Morgan fingerprint density at radius 2 is 1.94 bits per heavy atom. The second kappa shape index (κ2) is 4.35. The number of benzene rings is 1. The molecule has 1 aromatic heterocycles. The molecule has 0 amide bonds. The predicted molar refractivity (Wildman–Crippen MR) is 75.1 cm³/mol. The van der Waals surface area contributed by atoms with Crippen LogP contribution in [0.5, 0.6) is 0 Å². The summed E-state index contributed by atoms with van der Waals surface area (Å²) in [7, 11) is 0. The van der Waals surface area contributed by atoms with Crippen molar-refractivity contribution in [1.82, 2.24) is 4.98 Å². The second-order valence-corrected chi connectivity index (χ2v) is 6.09. The van der Waals surface area contributed by atoms with Gasteiger partial charge in [-0.3, -0.25) is 0 Å². The molecule has 4 heteroatoms. The Hall–Kier alpha value is -1.42. The van der Waals surface area contributed by atoms with Crippen LogP contribution in [0.3, 0.4) is 0 Å². The molecule has 0 aliphatic rings. The molecule has 0 saturated heterocycles. The standard InChI is InChI=1S/C14H14BrNO2/c1-14(2,3)8-4-5-11-9(6-8)10(13(17)18)7-12(15)16-11/h4-7H,1-3H3,(H,17,18). The molecule has 94 valence electrons. The predicted octanol–water partition coefficient (Wildman–Crippen LogP) is 3.99. The van der Waals surface area contributed by atoms with Crippen molar-refractivity contribution in [3.05, 3.63) is 40.0 Å². The quantitative estimate of drug-likeness (QED) is 0.810. The van der Waals surface area contributed by atoms with Crippen molar-refractivity contribution in [3.8, 4) is 0 Å². The molecule has 0 unspecified atom stereocenters. The first-order chi connectivity index (χ1) is 8.29. The third-order valence-corrected chi connectivity index (χ3v) is 3.28. The molecule has 18 heavy (non-hydrogen) atoms. The van der Waals surface area contributed by atoms with Crippen LogP contribution in [0.15, 0.2) is 28.9 Å². The smallest absolute Gasteiger partial charge is 0.336 e.